The highest BCUT2D eigenvalue weighted by atomic mass is 32.2. The van der Waals surface area contributed by atoms with Crippen LogP contribution in [0.3, 0.4) is 0 Å². The van der Waals surface area contributed by atoms with Crippen LogP contribution in [-0.4, -0.2) is 48.3 Å². The first-order chi connectivity index (χ1) is 12.0. The molecule has 0 saturated carbocycles. The van der Waals surface area contributed by atoms with E-state index in [1.807, 2.05) is 6.07 Å². The van der Waals surface area contributed by atoms with Crippen LogP contribution in [0.25, 0.3) is 6.08 Å². The average molecular weight is 364 g/mol. The van der Waals surface area contributed by atoms with Crippen molar-refractivity contribution < 1.29 is 23.5 Å². The Morgan fingerprint density at radius 2 is 2.00 bits per heavy atom. The lowest BCUT2D eigenvalue weighted by Gasteiger charge is -2.25. The predicted octanol–water partition coefficient (Wildman–Crippen LogP) is 2.87. The maximum absolute atomic E-state index is 12.4. The number of esters is 1. The molecule has 25 heavy (non-hydrogen) atoms. The number of hydrogen-bond donors (Lipinski definition) is 0. The van der Waals surface area contributed by atoms with Crippen LogP contribution >= 0.6 is 11.8 Å². The molecule has 2 aliphatic rings. The van der Waals surface area contributed by atoms with Crippen molar-refractivity contribution in [3.63, 3.8) is 0 Å². The number of carbonyl (C=O) groups is 3. The van der Waals surface area contributed by atoms with Gasteiger partial charge in [-0.2, -0.15) is 0 Å². The highest BCUT2D eigenvalue weighted by Gasteiger charge is 2.41. The molecule has 1 aromatic heterocycles. The van der Waals surface area contributed by atoms with Crippen LogP contribution in [0.15, 0.2) is 21.5 Å². The molecule has 2 amide bonds. The number of thioether (sulfide) groups is 1. The minimum Gasteiger partial charge on any atom is -0.467 e. The molecule has 2 aliphatic heterocycles. The summed E-state index contributed by atoms with van der Waals surface area (Å²) in [5, 5.41) is -0.489. The average Bonchev–Trinajstić information content (AvgIpc) is 3.19. The molecule has 0 radical (unpaired) electrons. The van der Waals surface area contributed by atoms with Crippen LogP contribution in [0.2, 0.25) is 0 Å². The smallest absolute Gasteiger partial charge is 0.328 e. The Balaban J connectivity index is 1.76. The molecular formula is C17H20N2O5S. The summed E-state index contributed by atoms with van der Waals surface area (Å²) in [7, 11) is 1.22. The molecule has 2 saturated heterocycles. The second-order valence-corrected chi connectivity index (χ2v) is 6.97. The van der Waals surface area contributed by atoms with Crippen LogP contribution in [0, 0.1) is 0 Å². The number of imide groups is 1. The highest BCUT2D eigenvalue weighted by Crippen LogP contribution is 2.34. The first-order valence-corrected chi connectivity index (χ1v) is 9.02. The monoisotopic (exact) mass is 364 g/mol. The number of ether oxygens (including phenoxy) is 1. The van der Waals surface area contributed by atoms with E-state index in [4.69, 9.17) is 4.42 Å². The van der Waals surface area contributed by atoms with Gasteiger partial charge in [0, 0.05) is 25.2 Å². The summed E-state index contributed by atoms with van der Waals surface area (Å²) in [6.07, 6.45) is 5.05. The van der Waals surface area contributed by atoms with Crippen molar-refractivity contribution in [2.75, 3.05) is 25.1 Å². The quantitative estimate of drug-likeness (QED) is 0.600. The fraction of sp³-hybridized carbons (Fsp3) is 0.471. The van der Waals surface area contributed by atoms with Crippen molar-refractivity contribution in [2.45, 2.75) is 32.2 Å². The van der Waals surface area contributed by atoms with E-state index in [0.717, 1.165) is 48.5 Å². The lowest BCUT2D eigenvalue weighted by Crippen LogP contribution is -2.42. The Bertz CT molecular complexity index is 720. The summed E-state index contributed by atoms with van der Waals surface area (Å²) in [6.45, 7) is 3.38. The molecule has 8 heteroatoms. The van der Waals surface area contributed by atoms with Crippen molar-refractivity contribution in [1.82, 2.24) is 4.90 Å². The van der Waals surface area contributed by atoms with Crippen LogP contribution < -0.4 is 4.90 Å². The fourth-order valence-corrected chi connectivity index (χ4v) is 3.81. The number of hydrogen-bond acceptors (Lipinski definition) is 7. The first-order valence-electron chi connectivity index (χ1n) is 8.21. The third-order valence-electron chi connectivity index (χ3n) is 4.31. The lowest BCUT2D eigenvalue weighted by molar-refractivity contribution is -0.148. The molecule has 1 atom stereocenters. The largest absolute Gasteiger partial charge is 0.467 e. The SMILES string of the molecule is COC(=O)[C@H](C)N1C(=O)S/C(=C/c2ccc(N3CCCCC3)o2)C1=O. The summed E-state index contributed by atoms with van der Waals surface area (Å²) in [6, 6.07) is 2.70. The van der Waals surface area contributed by atoms with Crippen LogP contribution in [0.5, 0.6) is 0 Å². The number of methoxy groups -OCH3 is 1. The second kappa shape index (κ2) is 7.35. The molecular weight excluding hydrogens is 344 g/mol. The normalized spacial score (nSPS) is 21.1. The second-order valence-electron chi connectivity index (χ2n) is 5.97. The van der Waals surface area contributed by atoms with E-state index in [2.05, 4.69) is 9.64 Å². The van der Waals surface area contributed by atoms with Crippen molar-refractivity contribution in [2.24, 2.45) is 0 Å². The number of piperidine rings is 1. The fourth-order valence-electron chi connectivity index (χ4n) is 2.92. The van der Waals surface area contributed by atoms with Gasteiger partial charge in [0.25, 0.3) is 11.1 Å². The molecule has 0 aromatic carbocycles. The van der Waals surface area contributed by atoms with Gasteiger partial charge < -0.3 is 14.1 Å². The minimum atomic E-state index is -0.955. The van der Waals surface area contributed by atoms with E-state index in [0.29, 0.717) is 5.76 Å². The van der Waals surface area contributed by atoms with Crippen LogP contribution in [-0.2, 0) is 14.3 Å². The Kier molecular flexibility index (Phi) is 5.17. The topological polar surface area (TPSA) is 80.1 Å². The lowest BCUT2D eigenvalue weighted by atomic mass is 10.1. The van der Waals surface area contributed by atoms with Gasteiger partial charge in [0.05, 0.1) is 12.0 Å². The molecule has 0 unspecified atom stereocenters. The van der Waals surface area contributed by atoms with Gasteiger partial charge in [-0.05, 0) is 44.0 Å². The van der Waals surface area contributed by atoms with Gasteiger partial charge in [-0.25, -0.2) is 4.79 Å². The van der Waals surface area contributed by atoms with Crippen LogP contribution in [0.1, 0.15) is 31.9 Å². The van der Waals surface area contributed by atoms with E-state index in [-0.39, 0.29) is 4.91 Å². The van der Waals surface area contributed by atoms with Crippen molar-refractivity contribution >= 4 is 40.8 Å². The molecule has 0 N–H and O–H groups in total. The van der Waals surface area contributed by atoms with Gasteiger partial charge in [0.2, 0.25) is 0 Å². The molecule has 3 heterocycles. The number of furan rings is 1. The summed E-state index contributed by atoms with van der Waals surface area (Å²) < 4.78 is 10.4. The minimum absolute atomic E-state index is 0.236. The standard InChI is InChI=1S/C17H20N2O5S/c1-11(16(21)23-2)19-15(20)13(25-17(19)22)10-12-6-7-14(24-12)18-8-4-3-5-9-18/h6-7,10-11H,3-5,8-9H2,1-2H3/b13-10+/t11-/m0/s1. The summed E-state index contributed by atoms with van der Waals surface area (Å²) in [5.41, 5.74) is 0. The zero-order valence-corrected chi connectivity index (χ0v) is 15.0. The van der Waals surface area contributed by atoms with Gasteiger partial charge >= 0.3 is 5.97 Å². The molecule has 0 aliphatic carbocycles. The van der Waals surface area contributed by atoms with Gasteiger partial charge in [-0.1, -0.05) is 0 Å². The molecule has 0 bridgehead atoms. The van der Waals surface area contributed by atoms with E-state index in [9.17, 15) is 14.4 Å². The predicted molar refractivity (Wildman–Crippen MR) is 94.1 cm³/mol. The summed E-state index contributed by atoms with van der Waals surface area (Å²) >= 11 is 0.795. The van der Waals surface area contributed by atoms with Crippen molar-refractivity contribution in [3.05, 3.63) is 22.8 Å². The molecule has 7 nitrogen and oxygen atoms in total. The molecule has 1 aromatic rings. The number of rotatable bonds is 4. The van der Waals surface area contributed by atoms with Crippen molar-refractivity contribution in [1.29, 1.82) is 0 Å². The summed E-state index contributed by atoms with van der Waals surface area (Å²) in [5.74, 6) is 0.141. The van der Waals surface area contributed by atoms with Crippen molar-refractivity contribution in [3.8, 4) is 0 Å². The number of carbonyl (C=O) groups excluding carboxylic acids is 3. The van der Waals surface area contributed by atoms with Gasteiger partial charge in [-0.3, -0.25) is 14.5 Å². The first kappa shape index (κ1) is 17.6. The van der Waals surface area contributed by atoms with Gasteiger partial charge in [0.15, 0.2) is 5.88 Å². The van der Waals surface area contributed by atoms with E-state index >= 15 is 0 Å². The molecule has 2 fully saturated rings. The Morgan fingerprint density at radius 3 is 2.68 bits per heavy atom. The maximum Gasteiger partial charge on any atom is 0.328 e. The molecule has 134 valence electrons. The molecule has 0 spiro atoms. The molecule has 3 rings (SSSR count). The van der Waals surface area contributed by atoms with E-state index in [1.165, 1.54) is 20.5 Å². The number of nitrogens with zero attached hydrogens (tertiary/aromatic N) is 2. The van der Waals surface area contributed by atoms with Gasteiger partial charge in [-0.15, -0.1) is 0 Å². The van der Waals surface area contributed by atoms with E-state index < -0.39 is 23.2 Å². The zero-order valence-electron chi connectivity index (χ0n) is 14.2. The third-order valence-corrected chi connectivity index (χ3v) is 5.19. The highest BCUT2D eigenvalue weighted by molar-refractivity contribution is 8.18. The third kappa shape index (κ3) is 3.58. The number of anilines is 1. The Morgan fingerprint density at radius 1 is 1.28 bits per heavy atom. The zero-order chi connectivity index (χ0) is 18.0. The van der Waals surface area contributed by atoms with Crippen LogP contribution in [0.4, 0.5) is 10.7 Å². The Labute approximate surface area is 150 Å². The summed E-state index contributed by atoms with van der Waals surface area (Å²) in [4.78, 5) is 39.5. The Hall–Kier alpha value is -2.22. The maximum atomic E-state index is 12.4. The number of amides is 2. The van der Waals surface area contributed by atoms with Gasteiger partial charge in [0.1, 0.15) is 11.8 Å². The van der Waals surface area contributed by atoms with E-state index in [1.54, 1.807) is 12.1 Å².